The molecule has 0 amide bonds. The van der Waals surface area contributed by atoms with E-state index < -0.39 is 19.7 Å². The molecule has 0 fully saturated rings. The standard InChI is InChI=1S/C3H7.CH3.O.Sn/c1-3-2;;;/h1,3H2,2H3;1H3;;. The predicted molar refractivity (Wildman–Crippen MR) is 27.4 cm³/mol. The van der Waals surface area contributed by atoms with Gasteiger partial charge in [0.1, 0.15) is 0 Å². The van der Waals surface area contributed by atoms with E-state index in [-0.39, 0.29) is 0 Å². The Kier molecular flexibility index (Phi) is 4.15. The second-order valence-corrected chi connectivity index (χ2v) is 6.89. The summed E-state index contributed by atoms with van der Waals surface area (Å²) in [6.45, 7) is 2.07. The molecule has 0 unspecified atom stereocenters. The molecule has 0 aromatic carbocycles. The molecule has 0 spiro atoms. The average Bonchev–Trinajstić information content (AvgIpc) is 1.35. The van der Waals surface area contributed by atoms with Gasteiger partial charge in [-0.1, -0.05) is 0 Å². The minimum absolute atomic E-state index is 1.02. The third-order valence-corrected chi connectivity index (χ3v) is 4.04. The van der Waals surface area contributed by atoms with E-state index in [0.29, 0.717) is 0 Å². The van der Waals surface area contributed by atoms with Gasteiger partial charge in [-0.2, -0.15) is 0 Å². The van der Waals surface area contributed by atoms with E-state index >= 15 is 0 Å². The van der Waals surface area contributed by atoms with Crippen LogP contribution in [0.2, 0.25) is 9.38 Å². The van der Waals surface area contributed by atoms with Crippen molar-refractivity contribution in [1.82, 2.24) is 0 Å². The summed E-state index contributed by atoms with van der Waals surface area (Å²) in [7, 11) is 0. The summed E-state index contributed by atoms with van der Waals surface area (Å²) in [6, 6.07) is 0. The Labute approximate surface area is 45.9 Å². The zero-order chi connectivity index (χ0) is 4.99. The van der Waals surface area contributed by atoms with Gasteiger partial charge in [-0.3, -0.25) is 0 Å². The first-order valence-corrected chi connectivity index (χ1v) is 8.30. The van der Waals surface area contributed by atoms with Crippen LogP contribution < -0.4 is 0 Å². The van der Waals surface area contributed by atoms with Crippen molar-refractivity contribution in [2.45, 2.75) is 22.7 Å². The summed E-state index contributed by atoms with van der Waals surface area (Å²) in [5, 5.41) is 0. The van der Waals surface area contributed by atoms with Gasteiger partial charge in [0.15, 0.2) is 0 Å². The molecule has 0 aliphatic rings. The quantitative estimate of drug-likeness (QED) is 0.606. The van der Waals surface area contributed by atoms with Crippen LogP contribution in [0.15, 0.2) is 0 Å². The van der Waals surface area contributed by atoms with Gasteiger partial charge >= 0.3 is 45.5 Å². The maximum atomic E-state index is 10.3. The maximum absolute atomic E-state index is 10.3. The fourth-order valence-electron chi connectivity index (χ4n) is 0.352. The molecule has 0 radical (unpaired) electrons. The van der Waals surface area contributed by atoms with Crippen molar-refractivity contribution < 1.29 is 3.08 Å². The summed E-state index contributed by atoms with van der Waals surface area (Å²) in [5.41, 5.74) is 0. The van der Waals surface area contributed by atoms with E-state index in [0.717, 1.165) is 10.9 Å². The van der Waals surface area contributed by atoms with Crippen LogP contribution in [0.3, 0.4) is 0 Å². The van der Waals surface area contributed by atoms with Gasteiger partial charge in [0, 0.05) is 0 Å². The minimum atomic E-state index is -1.87. The van der Waals surface area contributed by atoms with Crippen LogP contribution in [0.25, 0.3) is 0 Å². The molecule has 2 heteroatoms. The van der Waals surface area contributed by atoms with Crippen molar-refractivity contribution in [1.29, 1.82) is 0 Å². The van der Waals surface area contributed by atoms with Crippen molar-refractivity contribution >= 4 is 19.7 Å². The normalized spacial score (nSPS) is 8.33. The number of hydrogen-bond donors (Lipinski definition) is 0. The first-order valence-electron chi connectivity index (χ1n) is 2.26. The summed E-state index contributed by atoms with van der Waals surface area (Å²) in [4.78, 5) is 1.89. The van der Waals surface area contributed by atoms with Gasteiger partial charge in [-0.05, 0) is 0 Å². The van der Waals surface area contributed by atoms with Gasteiger partial charge in [0.25, 0.3) is 0 Å². The van der Waals surface area contributed by atoms with Gasteiger partial charge in [-0.15, -0.1) is 0 Å². The first-order chi connectivity index (χ1) is 2.77. The predicted octanol–water partition coefficient (Wildman–Crippen LogP) is 1.45. The van der Waals surface area contributed by atoms with E-state index in [1.807, 2.05) is 4.94 Å². The van der Waals surface area contributed by atoms with Crippen molar-refractivity contribution in [3.63, 3.8) is 0 Å². The molecule has 36 valence electrons. The second-order valence-electron chi connectivity index (χ2n) is 1.45. The first kappa shape index (κ1) is 6.60. The molecule has 0 saturated carbocycles. The van der Waals surface area contributed by atoms with Crippen LogP contribution in [0.1, 0.15) is 13.3 Å². The number of rotatable bonds is 2. The van der Waals surface area contributed by atoms with Crippen LogP contribution in [-0.4, -0.2) is 19.7 Å². The van der Waals surface area contributed by atoms with Gasteiger partial charge in [0.05, 0.1) is 0 Å². The molecule has 0 heterocycles. The molecule has 0 atom stereocenters. The molecular formula is C4H10OSn. The van der Waals surface area contributed by atoms with Crippen molar-refractivity contribution in [2.75, 3.05) is 0 Å². The molecular weight excluding hydrogens is 183 g/mol. The zero-order valence-corrected chi connectivity index (χ0v) is 7.18. The molecule has 0 bridgehead atoms. The summed E-state index contributed by atoms with van der Waals surface area (Å²) >= 11 is -1.87. The van der Waals surface area contributed by atoms with E-state index in [1.165, 1.54) is 0 Å². The fraction of sp³-hybridized carbons (Fsp3) is 1.00. The van der Waals surface area contributed by atoms with Crippen molar-refractivity contribution in [2.24, 2.45) is 0 Å². The summed E-state index contributed by atoms with van der Waals surface area (Å²) in [5.74, 6) is 0. The molecule has 0 rings (SSSR count). The Morgan fingerprint density at radius 1 is 1.67 bits per heavy atom. The third-order valence-electron chi connectivity index (χ3n) is 0.602. The monoisotopic (exact) mass is 194 g/mol. The fourth-order valence-corrected chi connectivity index (χ4v) is 2.36. The Bertz CT molecular complexity index is 51.5. The van der Waals surface area contributed by atoms with Crippen LogP contribution >= 0.6 is 0 Å². The van der Waals surface area contributed by atoms with Crippen LogP contribution in [-0.2, 0) is 3.08 Å². The molecule has 0 saturated heterocycles. The topological polar surface area (TPSA) is 17.1 Å². The Balaban J connectivity index is 2.83. The van der Waals surface area contributed by atoms with Crippen LogP contribution in [0.5, 0.6) is 0 Å². The zero-order valence-electron chi connectivity index (χ0n) is 4.32. The summed E-state index contributed by atoms with van der Waals surface area (Å²) < 4.78 is 11.3. The SMILES string of the molecule is CC[CH2][Sn]([CH3])=[O]. The number of hydrogen-bond acceptors (Lipinski definition) is 1. The van der Waals surface area contributed by atoms with Crippen molar-refractivity contribution in [3.8, 4) is 0 Å². The van der Waals surface area contributed by atoms with Crippen LogP contribution in [0.4, 0.5) is 0 Å². The van der Waals surface area contributed by atoms with Gasteiger partial charge in [0.2, 0.25) is 0 Å². The molecule has 0 N–H and O–H groups in total. The molecule has 0 aliphatic carbocycles. The second kappa shape index (κ2) is 3.78. The van der Waals surface area contributed by atoms with E-state index in [1.54, 1.807) is 0 Å². The van der Waals surface area contributed by atoms with E-state index in [4.69, 9.17) is 0 Å². The van der Waals surface area contributed by atoms with Gasteiger partial charge in [-0.25, -0.2) is 0 Å². The van der Waals surface area contributed by atoms with Gasteiger partial charge < -0.3 is 0 Å². The average molecular weight is 193 g/mol. The third kappa shape index (κ3) is 4.60. The van der Waals surface area contributed by atoms with E-state index in [9.17, 15) is 3.08 Å². The Morgan fingerprint density at radius 3 is 2.17 bits per heavy atom. The summed E-state index contributed by atoms with van der Waals surface area (Å²) in [6.07, 6.45) is 1.11. The van der Waals surface area contributed by atoms with E-state index in [2.05, 4.69) is 6.92 Å². The molecule has 6 heavy (non-hydrogen) atoms. The molecule has 0 aliphatic heterocycles. The molecule has 0 aromatic rings. The van der Waals surface area contributed by atoms with Crippen LogP contribution in [0, 0.1) is 0 Å². The molecule has 1 nitrogen and oxygen atoms in total. The Hall–Kier alpha value is 0.599. The molecule has 0 aromatic heterocycles. The van der Waals surface area contributed by atoms with Crippen molar-refractivity contribution in [3.05, 3.63) is 0 Å². The Morgan fingerprint density at radius 2 is 2.17 bits per heavy atom.